The number of hydrogen-bond donors (Lipinski definition) is 3. The standard InChI is InChI=1S/C10H21N3O3/c1-13(5-2-9(11)12-15)8-10(14)3-6-16-7-4-10/h14-15H,2-8H2,1H3,(H2,11,12). The van der Waals surface area contributed by atoms with E-state index in [1.54, 1.807) is 0 Å². The third kappa shape index (κ3) is 4.34. The number of aliphatic hydroxyl groups is 1. The topological polar surface area (TPSA) is 91.3 Å². The Bertz CT molecular complexity index is 239. The molecule has 1 heterocycles. The quantitative estimate of drug-likeness (QED) is 0.259. The van der Waals surface area contributed by atoms with E-state index < -0.39 is 5.60 Å². The molecule has 0 aromatic rings. The summed E-state index contributed by atoms with van der Waals surface area (Å²) < 4.78 is 5.21. The molecule has 0 aromatic carbocycles. The Morgan fingerprint density at radius 1 is 1.50 bits per heavy atom. The van der Waals surface area contributed by atoms with E-state index in [2.05, 4.69) is 5.16 Å². The van der Waals surface area contributed by atoms with Crippen LogP contribution in [0.5, 0.6) is 0 Å². The van der Waals surface area contributed by atoms with Crippen LogP contribution in [0.4, 0.5) is 0 Å². The van der Waals surface area contributed by atoms with Gasteiger partial charge in [-0.1, -0.05) is 5.16 Å². The molecule has 6 heteroatoms. The maximum atomic E-state index is 10.2. The molecule has 0 radical (unpaired) electrons. The minimum atomic E-state index is -0.655. The van der Waals surface area contributed by atoms with Gasteiger partial charge in [0.1, 0.15) is 5.84 Å². The monoisotopic (exact) mass is 231 g/mol. The summed E-state index contributed by atoms with van der Waals surface area (Å²) in [6, 6.07) is 0. The lowest BCUT2D eigenvalue weighted by molar-refractivity contribution is -0.0765. The van der Waals surface area contributed by atoms with Gasteiger partial charge in [0.05, 0.1) is 5.60 Å². The molecule has 0 unspecified atom stereocenters. The van der Waals surface area contributed by atoms with Crippen molar-refractivity contribution in [1.29, 1.82) is 0 Å². The predicted octanol–water partition coefficient (Wildman–Crippen LogP) is -0.404. The Labute approximate surface area is 95.7 Å². The number of rotatable bonds is 5. The van der Waals surface area contributed by atoms with Crippen molar-refractivity contribution in [2.45, 2.75) is 24.9 Å². The van der Waals surface area contributed by atoms with E-state index >= 15 is 0 Å². The van der Waals surface area contributed by atoms with Crippen molar-refractivity contribution in [2.75, 3.05) is 33.4 Å². The number of ether oxygens (including phenoxy) is 1. The SMILES string of the molecule is CN(CCC(N)=NO)CC1(O)CCOCC1. The summed E-state index contributed by atoms with van der Waals surface area (Å²) in [4.78, 5) is 1.99. The van der Waals surface area contributed by atoms with Crippen LogP contribution in [0.2, 0.25) is 0 Å². The number of nitrogens with two attached hydrogens (primary N) is 1. The largest absolute Gasteiger partial charge is 0.409 e. The molecule has 0 saturated carbocycles. The van der Waals surface area contributed by atoms with Crippen LogP contribution in [0.1, 0.15) is 19.3 Å². The number of hydrogen-bond acceptors (Lipinski definition) is 5. The van der Waals surface area contributed by atoms with E-state index in [0.29, 0.717) is 45.6 Å². The van der Waals surface area contributed by atoms with E-state index in [9.17, 15) is 5.11 Å². The zero-order valence-corrected chi connectivity index (χ0v) is 9.72. The fourth-order valence-electron chi connectivity index (χ4n) is 1.85. The van der Waals surface area contributed by atoms with Crippen molar-refractivity contribution in [1.82, 2.24) is 4.90 Å². The molecule has 0 aliphatic carbocycles. The smallest absolute Gasteiger partial charge is 0.140 e. The van der Waals surface area contributed by atoms with Crippen molar-refractivity contribution in [3.8, 4) is 0 Å². The third-order valence-corrected chi connectivity index (χ3v) is 2.87. The maximum Gasteiger partial charge on any atom is 0.140 e. The molecule has 1 saturated heterocycles. The van der Waals surface area contributed by atoms with Gasteiger partial charge in [-0.05, 0) is 7.05 Å². The molecule has 1 fully saturated rings. The molecule has 1 rings (SSSR count). The third-order valence-electron chi connectivity index (χ3n) is 2.87. The van der Waals surface area contributed by atoms with Crippen LogP contribution >= 0.6 is 0 Å². The second-order valence-electron chi connectivity index (χ2n) is 4.42. The molecule has 0 amide bonds. The van der Waals surface area contributed by atoms with Crippen LogP contribution in [-0.4, -0.2) is 60.0 Å². The lowest BCUT2D eigenvalue weighted by atomic mass is 9.94. The van der Waals surface area contributed by atoms with Crippen LogP contribution in [0.15, 0.2) is 5.16 Å². The van der Waals surface area contributed by atoms with Crippen LogP contribution < -0.4 is 5.73 Å². The molecule has 0 spiro atoms. The summed E-state index contributed by atoms with van der Waals surface area (Å²) in [5, 5.41) is 21.5. The average Bonchev–Trinajstić information content (AvgIpc) is 2.26. The highest BCUT2D eigenvalue weighted by Gasteiger charge is 2.30. The van der Waals surface area contributed by atoms with Crippen LogP contribution in [0.3, 0.4) is 0 Å². The molecular weight excluding hydrogens is 210 g/mol. The molecule has 94 valence electrons. The van der Waals surface area contributed by atoms with Gasteiger partial charge in [0, 0.05) is 45.6 Å². The average molecular weight is 231 g/mol. The molecule has 6 nitrogen and oxygen atoms in total. The zero-order chi connectivity index (χ0) is 12.0. The van der Waals surface area contributed by atoms with Crippen molar-refractivity contribution >= 4 is 5.84 Å². The molecular formula is C10H21N3O3. The number of likely N-dealkylation sites (N-methyl/N-ethyl adjacent to an activating group) is 1. The van der Waals surface area contributed by atoms with Crippen LogP contribution in [-0.2, 0) is 4.74 Å². The molecule has 0 atom stereocenters. The predicted molar refractivity (Wildman–Crippen MR) is 60.5 cm³/mol. The first-order valence-corrected chi connectivity index (χ1v) is 5.51. The summed E-state index contributed by atoms with van der Waals surface area (Å²) in [5.41, 5.74) is 4.72. The highest BCUT2D eigenvalue weighted by Crippen LogP contribution is 2.21. The first-order chi connectivity index (χ1) is 7.56. The molecule has 1 aliphatic rings. The van der Waals surface area contributed by atoms with E-state index in [0.717, 1.165) is 0 Å². The van der Waals surface area contributed by atoms with Crippen molar-refractivity contribution in [3.63, 3.8) is 0 Å². The second-order valence-corrected chi connectivity index (χ2v) is 4.42. The van der Waals surface area contributed by atoms with Gasteiger partial charge in [-0.2, -0.15) is 0 Å². The Balaban J connectivity index is 2.29. The van der Waals surface area contributed by atoms with Crippen molar-refractivity contribution in [3.05, 3.63) is 0 Å². The minimum absolute atomic E-state index is 0.214. The van der Waals surface area contributed by atoms with Gasteiger partial charge in [0.2, 0.25) is 0 Å². The zero-order valence-electron chi connectivity index (χ0n) is 9.72. The normalized spacial score (nSPS) is 21.3. The first kappa shape index (κ1) is 13.2. The van der Waals surface area contributed by atoms with Gasteiger partial charge in [-0.3, -0.25) is 0 Å². The van der Waals surface area contributed by atoms with Gasteiger partial charge in [-0.15, -0.1) is 0 Å². The number of amidine groups is 1. The van der Waals surface area contributed by atoms with Crippen LogP contribution in [0, 0.1) is 0 Å². The Hall–Kier alpha value is -0.850. The number of nitrogens with zero attached hydrogens (tertiary/aromatic N) is 2. The summed E-state index contributed by atoms with van der Waals surface area (Å²) in [5.74, 6) is 0.214. The summed E-state index contributed by atoms with van der Waals surface area (Å²) in [6.07, 6.45) is 1.83. The van der Waals surface area contributed by atoms with Crippen molar-refractivity contribution < 1.29 is 15.1 Å². The van der Waals surface area contributed by atoms with Gasteiger partial charge < -0.3 is 25.7 Å². The van der Waals surface area contributed by atoms with Crippen LogP contribution in [0.25, 0.3) is 0 Å². The van der Waals surface area contributed by atoms with E-state index in [-0.39, 0.29) is 5.84 Å². The fourth-order valence-corrected chi connectivity index (χ4v) is 1.85. The maximum absolute atomic E-state index is 10.2. The first-order valence-electron chi connectivity index (χ1n) is 5.51. The lowest BCUT2D eigenvalue weighted by Crippen LogP contribution is -2.46. The van der Waals surface area contributed by atoms with Crippen molar-refractivity contribution in [2.24, 2.45) is 10.9 Å². The Morgan fingerprint density at radius 3 is 2.69 bits per heavy atom. The highest BCUT2D eigenvalue weighted by molar-refractivity contribution is 5.79. The molecule has 0 aromatic heterocycles. The fraction of sp³-hybridized carbons (Fsp3) is 0.900. The molecule has 0 bridgehead atoms. The van der Waals surface area contributed by atoms with E-state index in [1.807, 2.05) is 11.9 Å². The highest BCUT2D eigenvalue weighted by atomic mass is 16.5. The van der Waals surface area contributed by atoms with Gasteiger partial charge in [-0.25, -0.2) is 0 Å². The second kappa shape index (κ2) is 6.03. The Kier molecular flexibility index (Phi) is 4.98. The van der Waals surface area contributed by atoms with E-state index in [4.69, 9.17) is 15.7 Å². The summed E-state index contributed by atoms with van der Waals surface area (Å²) in [6.45, 7) is 2.49. The number of oxime groups is 1. The van der Waals surface area contributed by atoms with Gasteiger partial charge in [0.25, 0.3) is 0 Å². The summed E-state index contributed by atoms with van der Waals surface area (Å²) in [7, 11) is 1.91. The van der Waals surface area contributed by atoms with Gasteiger partial charge in [0.15, 0.2) is 0 Å². The van der Waals surface area contributed by atoms with Gasteiger partial charge >= 0.3 is 0 Å². The van der Waals surface area contributed by atoms with E-state index in [1.165, 1.54) is 0 Å². The summed E-state index contributed by atoms with van der Waals surface area (Å²) >= 11 is 0. The molecule has 4 N–H and O–H groups in total. The molecule has 1 aliphatic heterocycles. The Morgan fingerprint density at radius 2 is 2.12 bits per heavy atom. The lowest BCUT2D eigenvalue weighted by Gasteiger charge is -2.35. The minimum Gasteiger partial charge on any atom is -0.409 e. The molecule has 16 heavy (non-hydrogen) atoms.